The number of rotatable bonds is 5. The summed E-state index contributed by atoms with van der Waals surface area (Å²) in [5, 5.41) is 0. The minimum absolute atomic E-state index is 0.178. The van der Waals surface area contributed by atoms with Gasteiger partial charge in [0.2, 0.25) is 0 Å². The molecule has 1 saturated heterocycles. The van der Waals surface area contributed by atoms with E-state index in [1.807, 2.05) is 0 Å². The summed E-state index contributed by atoms with van der Waals surface area (Å²) >= 11 is 0. The highest BCUT2D eigenvalue weighted by molar-refractivity contribution is 5.28. The third-order valence-electron chi connectivity index (χ3n) is 4.81. The van der Waals surface area contributed by atoms with Gasteiger partial charge in [-0.05, 0) is 37.3 Å². The number of aryl methyl sites for hydroxylation is 1. The molecule has 0 radical (unpaired) electrons. The van der Waals surface area contributed by atoms with Crippen molar-refractivity contribution in [3.63, 3.8) is 0 Å². The predicted octanol–water partition coefficient (Wildman–Crippen LogP) is 2.16. The molecule has 2 fully saturated rings. The zero-order valence-electron chi connectivity index (χ0n) is 12.6. The molecule has 1 aromatic carbocycles. The van der Waals surface area contributed by atoms with Gasteiger partial charge in [-0.1, -0.05) is 24.3 Å². The van der Waals surface area contributed by atoms with Crippen LogP contribution in [0.5, 0.6) is 0 Å². The molecule has 1 aliphatic heterocycles. The van der Waals surface area contributed by atoms with Gasteiger partial charge in [-0.15, -0.1) is 0 Å². The molecule has 0 spiro atoms. The van der Waals surface area contributed by atoms with Gasteiger partial charge in [-0.3, -0.25) is 4.90 Å². The maximum atomic E-state index is 6.36. The first-order chi connectivity index (χ1) is 9.74. The van der Waals surface area contributed by atoms with Crippen molar-refractivity contribution >= 4 is 0 Å². The molecule has 3 heteroatoms. The van der Waals surface area contributed by atoms with Crippen LogP contribution in [0.25, 0.3) is 0 Å². The number of hydrogen-bond donors (Lipinski definition) is 1. The van der Waals surface area contributed by atoms with Gasteiger partial charge in [0.05, 0.1) is 0 Å². The summed E-state index contributed by atoms with van der Waals surface area (Å²) in [5.74, 6) is 0. The Kier molecular flexibility index (Phi) is 4.39. The van der Waals surface area contributed by atoms with Gasteiger partial charge in [-0.2, -0.15) is 0 Å². The highest BCUT2D eigenvalue weighted by atomic mass is 15.3. The summed E-state index contributed by atoms with van der Waals surface area (Å²) in [6.45, 7) is 8.24. The zero-order valence-corrected chi connectivity index (χ0v) is 12.6. The smallest absolute Gasteiger partial charge is 0.0309 e. The van der Waals surface area contributed by atoms with Crippen molar-refractivity contribution in [2.24, 2.45) is 5.73 Å². The Balaban J connectivity index is 1.44. The molecule has 1 aliphatic carbocycles. The number of piperazine rings is 1. The Bertz CT molecular complexity index is 434. The number of hydrogen-bond acceptors (Lipinski definition) is 3. The molecule has 1 heterocycles. The summed E-state index contributed by atoms with van der Waals surface area (Å²) < 4.78 is 0. The molecule has 3 nitrogen and oxygen atoms in total. The van der Waals surface area contributed by atoms with Crippen LogP contribution in [0.3, 0.4) is 0 Å². The van der Waals surface area contributed by atoms with E-state index in [-0.39, 0.29) is 6.04 Å². The van der Waals surface area contributed by atoms with Crippen molar-refractivity contribution in [3.8, 4) is 0 Å². The number of nitrogens with zero attached hydrogens (tertiary/aromatic N) is 2. The van der Waals surface area contributed by atoms with Crippen LogP contribution in [0, 0.1) is 6.92 Å². The Morgan fingerprint density at radius 2 is 1.85 bits per heavy atom. The van der Waals surface area contributed by atoms with Crippen LogP contribution >= 0.6 is 0 Å². The second-order valence-corrected chi connectivity index (χ2v) is 6.36. The van der Waals surface area contributed by atoms with E-state index < -0.39 is 0 Å². The molecule has 110 valence electrons. The third kappa shape index (κ3) is 3.40. The van der Waals surface area contributed by atoms with Crippen LogP contribution in [0.4, 0.5) is 0 Å². The molecule has 1 saturated carbocycles. The summed E-state index contributed by atoms with van der Waals surface area (Å²) in [6, 6.07) is 9.61. The van der Waals surface area contributed by atoms with Gasteiger partial charge in [0.15, 0.2) is 0 Å². The monoisotopic (exact) mass is 273 g/mol. The minimum atomic E-state index is 0.178. The molecule has 1 unspecified atom stereocenters. The molecule has 1 atom stereocenters. The third-order valence-corrected chi connectivity index (χ3v) is 4.81. The van der Waals surface area contributed by atoms with Crippen LogP contribution in [0.1, 0.15) is 36.4 Å². The van der Waals surface area contributed by atoms with Gasteiger partial charge < -0.3 is 10.6 Å². The fraction of sp³-hybridized carbons (Fsp3) is 0.647. The molecule has 1 aromatic rings. The number of nitrogens with two attached hydrogens (primary N) is 1. The lowest BCUT2D eigenvalue weighted by Gasteiger charge is -2.35. The molecular weight excluding hydrogens is 246 g/mol. The molecule has 0 aromatic heterocycles. The van der Waals surface area contributed by atoms with E-state index in [1.54, 1.807) is 0 Å². The lowest BCUT2D eigenvalue weighted by molar-refractivity contribution is 0.124. The molecule has 0 amide bonds. The Hall–Kier alpha value is -0.900. The molecular formula is C17H27N3. The summed E-state index contributed by atoms with van der Waals surface area (Å²) in [4.78, 5) is 5.24. The Morgan fingerprint density at radius 3 is 2.50 bits per heavy atom. The first-order valence-electron chi connectivity index (χ1n) is 8.01. The van der Waals surface area contributed by atoms with Crippen LogP contribution in [0.15, 0.2) is 24.3 Å². The van der Waals surface area contributed by atoms with Crippen LogP contribution in [-0.4, -0.2) is 48.6 Å². The first kappa shape index (κ1) is 14.1. The highest BCUT2D eigenvalue weighted by Gasteiger charge is 2.31. The van der Waals surface area contributed by atoms with E-state index in [2.05, 4.69) is 41.0 Å². The normalized spacial score (nSPS) is 22.9. The second-order valence-electron chi connectivity index (χ2n) is 6.36. The van der Waals surface area contributed by atoms with Gasteiger partial charge in [0.1, 0.15) is 0 Å². The Morgan fingerprint density at radius 1 is 1.15 bits per heavy atom. The van der Waals surface area contributed by atoms with Crippen molar-refractivity contribution < 1.29 is 0 Å². The fourth-order valence-electron chi connectivity index (χ4n) is 3.27. The quantitative estimate of drug-likeness (QED) is 0.892. The standard InChI is InChI=1S/C17H27N3/c1-14-4-2-3-5-16(14)17(18)8-9-19-10-12-20(13-11-19)15-6-7-15/h2-5,15,17H,6-13,18H2,1H3. The van der Waals surface area contributed by atoms with Crippen molar-refractivity contribution in [2.45, 2.75) is 38.3 Å². The highest BCUT2D eigenvalue weighted by Crippen LogP contribution is 2.27. The van der Waals surface area contributed by atoms with Crippen LogP contribution in [0.2, 0.25) is 0 Å². The fourth-order valence-corrected chi connectivity index (χ4v) is 3.27. The summed E-state index contributed by atoms with van der Waals surface area (Å²) in [7, 11) is 0. The average Bonchev–Trinajstić information content (AvgIpc) is 3.30. The summed E-state index contributed by atoms with van der Waals surface area (Å²) in [5.41, 5.74) is 8.99. The van der Waals surface area contributed by atoms with E-state index in [1.165, 1.54) is 50.1 Å². The van der Waals surface area contributed by atoms with Crippen molar-refractivity contribution in [1.29, 1.82) is 0 Å². The van der Waals surface area contributed by atoms with Gasteiger partial charge in [0, 0.05) is 44.8 Å². The van der Waals surface area contributed by atoms with Gasteiger partial charge in [-0.25, -0.2) is 0 Å². The maximum Gasteiger partial charge on any atom is 0.0309 e. The summed E-state index contributed by atoms with van der Waals surface area (Å²) in [6.07, 6.45) is 3.92. The molecule has 3 rings (SSSR count). The lowest BCUT2D eigenvalue weighted by Crippen LogP contribution is -2.47. The zero-order chi connectivity index (χ0) is 13.9. The topological polar surface area (TPSA) is 32.5 Å². The van der Waals surface area contributed by atoms with Crippen molar-refractivity contribution in [1.82, 2.24) is 9.80 Å². The molecule has 2 aliphatic rings. The Labute approximate surface area is 122 Å². The lowest BCUT2D eigenvalue weighted by atomic mass is 9.99. The predicted molar refractivity (Wildman–Crippen MR) is 83.8 cm³/mol. The van der Waals surface area contributed by atoms with E-state index in [4.69, 9.17) is 5.73 Å². The van der Waals surface area contributed by atoms with Gasteiger partial charge >= 0.3 is 0 Å². The van der Waals surface area contributed by atoms with Gasteiger partial charge in [0.25, 0.3) is 0 Å². The SMILES string of the molecule is Cc1ccccc1C(N)CCN1CCN(C2CC2)CC1. The van der Waals surface area contributed by atoms with Crippen molar-refractivity contribution in [3.05, 3.63) is 35.4 Å². The largest absolute Gasteiger partial charge is 0.324 e. The molecule has 2 N–H and O–H groups in total. The van der Waals surface area contributed by atoms with E-state index in [0.717, 1.165) is 19.0 Å². The second kappa shape index (κ2) is 6.25. The minimum Gasteiger partial charge on any atom is -0.324 e. The molecule has 0 bridgehead atoms. The maximum absolute atomic E-state index is 6.36. The van der Waals surface area contributed by atoms with E-state index in [0.29, 0.717) is 0 Å². The van der Waals surface area contributed by atoms with E-state index >= 15 is 0 Å². The average molecular weight is 273 g/mol. The number of benzene rings is 1. The van der Waals surface area contributed by atoms with Crippen molar-refractivity contribution in [2.75, 3.05) is 32.7 Å². The first-order valence-corrected chi connectivity index (χ1v) is 8.01. The van der Waals surface area contributed by atoms with E-state index in [9.17, 15) is 0 Å². The van der Waals surface area contributed by atoms with Crippen LogP contribution in [-0.2, 0) is 0 Å². The van der Waals surface area contributed by atoms with Crippen LogP contribution < -0.4 is 5.73 Å². The molecule has 20 heavy (non-hydrogen) atoms.